The number of hydrogen-bond acceptors (Lipinski definition) is 4. The van der Waals surface area contributed by atoms with E-state index in [-0.39, 0.29) is 18.5 Å². The van der Waals surface area contributed by atoms with Crippen molar-refractivity contribution >= 4 is 23.6 Å². The van der Waals surface area contributed by atoms with Crippen molar-refractivity contribution in [3.05, 3.63) is 99.6 Å². The number of nitrogens with one attached hydrogen (secondary N) is 4. The van der Waals surface area contributed by atoms with Gasteiger partial charge in [0.2, 0.25) is 0 Å². The van der Waals surface area contributed by atoms with Gasteiger partial charge in [0.05, 0.1) is 6.54 Å². The molecular weight excluding hydrogens is 504 g/mol. The van der Waals surface area contributed by atoms with Crippen molar-refractivity contribution in [2.24, 2.45) is 0 Å². The Morgan fingerprint density at radius 2 is 1.57 bits per heavy atom. The number of fused-ring (bicyclic) bond motifs is 2. The zero-order valence-corrected chi connectivity index (χ0v) is 22.9. The van der Waals surface area contributed by atoms with Gasteiger partial charge in [0.15, 0.2) is 0 Å². The Balaban J connectivity index is 1.17. The number of rotatable bonds is 9. The first kappa shape index (κ1) is 27.2. The minimum absolute atomic E-state index is 0.224. The van der Waals surface area contributed by atoms with Crippen LogP contribution in [0.25, 0.3) is 0 Å². The summed E-state index contributed by atoms with van der Waals surface area (Å²) < 4.78 is 0. The van der Waals surface area contributed by atoms with E-state index in [9.17, 15) is 19.5 Å². The number of amides is 3. The third kappa shape index (κ3) is 5.96. The third-order valence-corrected chi connectivity index (χ3v) is 8.15. The molecule has 40 heavy (non-hydrogen) atoms. The predicted octanol–water partition coefficient (Wildman–Crippen LogP) is 4.09. The second-order valence-electron chi connectivity index (χ2n) is 10.8. The molecule has 0 unspecified atom stereocenters. The summed E-state index contributed by atoms with van der Waals surface area (Å²) in [5, 5.41) is 21.4. The number of urea groups is 1. The molecule has 2 atom stereocenters. The number of anilines is 1. The summed E-state index contributed by atoms with van der Waals surface area (Å²) >= 11 is 0. The molecule has 2 aliphatic carbocycles. The molecule has 3 amide bonds. The minimum atomic E-state index is -1.27. The average Bonchev–Trinajstić information content (AvgIpc) is 3.55. The van der Waals surface area contributed by atoms with Gasteiger partial charge in [-0.1, -0.05) is 54.6 Å². The summed E-state index contributed by atoms with van der Waals surface area (Å²) in [6.45, 7) is 3.94. The molecule has 0 saturated carbocycles. The van der Waals surface area contributed by atoms with Crippen LogP contribution in [-0.2, 0) is 24.1 Å². The van der Waals surface area contributed by atoms with Crippen LogP contribution in [0.5, 0.6) is 0 Å². The Hall–Kier alpha value is -4.33. The highest BCUT2D eigenvalue weighted by Crippen LogP contribution is 2.32. The molecule has 0 heterocycles. The Bertz CT molecular complexity index is 1410. The number of carbonyl (C=O) groups excluding carboxylic acids is 2. The number of benzene rings is 3. The molecule has 208 valence electrons. The molecule has 3 aromatic rings. The summed E-state index contributed by atoms with van der Waals surface area (Å²) in [4.78, 5) is 37.7. The van der Waals surface area contributed by atoms with Crippen molar-refractivity contribution in [3.63, 3.8) is 0 Å². The second-order valence-corrected chi connectivity index (χ2v) is 10.8. The fourth-order valence-electron chi connectivity index (χ4n) is 5.99. The number of carboxylic acids is 1. The standard InChI is InChI=1S/C32H36N4O4/c1-19-11-14-27(35-25-15-22-8-3-4-9-23(22)16-25)20(2)29(19)30(37)36-28(31(38)39)18-34-32(40)33-17-24-13-12-21-7-5-6-10-26(21)24/h3-11,14,24-25,28,35H,12-13,15-18H2,1-2H3,(H,36,37)(H,38,39)(H2,33,34,40)/t24-,28-/m0/s1. The molecule has 0 radical (unpaired) electrons. The van der Waals surface area contributed by atoms with Crippen LogP contribution in [0, 0.1) is 13.8 Å². The van der Waals surface area contributed by atoms with Crippen LogP contribution in [0.1, 0.15) is 56.1 Å². The van der Waals surface area contributed by atoms with E-state index in [2.05, 4.69) is 45.5 Å². The van der Waals surface area contributed by atoms with Gasteiger partial charge in [-0.05, 0) is 79.0 Å². The van der Waals surface area contributed by atoms with Gasteiger partial charge in [-0.2, -0.15) is 0 Å². The molecule has 0 aromatic heterocycles. The van der Waals surface area contributed by atoms with Crippen LogP contribution in [0.4, 0.5) is 10.5 Å². The van der Waals surface area contributed by atoms with E-state index in [1.54, 1.807) is 0 Å². The predicted molar refractivity (Wildman–Crippen MR) is 155 cm³/mol. The van der Waals surface area contributed by atoms with Crippen molar-refractivity contribution in [2.75, 3.05) is 18.4 Å². The van der Waals surface area contributed by atoms with E-state index in [4.69, 9.17) is 0 Å². The number of aryl methyl sites for hydroxylation is 2. The first-order valence-electron chi connectivity index (χ1n) is 13.9. The average molecular weight is 541 g/mol. The highest BCUT2D eigenvalue weighted by atomic mass is 16.4. The maximum Gasteiger partial charge on any atom is 0.328 e. The fraction of sp³-hybridized carbons (Fsp3) is 0.344. The molecular formula is C32H36N4O4. The largest absolute Gasteiger partial charge is 0.480 e. The van der Waals surface area contributed by atoms with E-state index in [1.165, 1.54) is 22.3 Å². The van der Waals surface area contributed by atoms with Gasteiger partial charge in [-0.25, -0.2) is 9.59 Å². The first-order chi connectivity index (χ1) is 19.3. The van der Waals surface area contributed by atoms with Crippen molar-refractivity contribution in [1.29, 1.82) is 0 Å². The SMILES string of the molecule is Cc1ccc(NC2Cc3ccccc3C2)c(C)c1C(=O)N[C@@H](CNC(=O)NC[C@@H]1CCc2ccccc21)C(=O)O. The van der Waals surface area contributed by atoms with E-state index < -0.39 is 23.9 Å². The highest BCUT2D eigenvalue weighted by molar-refractivity contribution is 6.00. The molecule has 8 heteroatoms. The Morgan fingerprint density at radius 3 is 2.27 bits per heavy atom. The van der Waals surface area contributed by atoms with Crippen LogP contribution in [0.15, 0.2) is 60.7 Å². The summed E-state index contributed by atoms with van der Waals surface area (Å²) in [6, 6.07) is 18.9. The molecule has 0 aliphatic heterocycles. The van der Waals surface area contributed by atoms with Crippen molar-refractivity contribution in [1.82, 2.24) is 16.0 Å². The molecule has 0 bridgehead atoms. The summed E-state index contributed by atoms with van der Waals surface area (Å²) in [6.07, 6.45) is 3.77. The number of carbonyl (C=O) groups is 3. The van der Waals surface area contributed by atoms with Crippen LogP contribution < -0.4 is 21.3 Å². The Kier molecular flexibility index (Phi) is 8.05. The van der Waals surface area contributed by atoms with Crippen molar-refractivity contribution in [3.8, 4) is 0 Å². The lowest BCUT2D eigenvalue weighted by atomic mass is 9.99. The van der Waals surface area contributed by atoms with Gasteiger partial charge >= 0.3 is 12.0 Å². The van der Waals surface area contributed by atoms with E-state index in [1.807, 2.05) is 50.2 Å². The smallest absolute Gasteiger partial charge is 0.328 e. The van der Waals surface area contributed by atoms with Gasteiger partial charge in [0.1, 0.15) is 6.04 Å². The van der Waals surface area contributed by atoms with E-state index in [0.29, 0.717) is 12.1 Å². The van der Waals surface area contributed by atoms with Gasteiger partial charge in [0, 0.05) is 29.8 Å². The summed E-state index contributed by atoms with van der Waals surface area (Å²) in [7, 11) is 0. The van der Waals surface area contributed by atoms with Gasteiger partial charge < -0.3 is 26.4 Å². The molecule has 5 rings (SSSR count). The molecule has 0 fully saturated rings. The van der Waals surface area contributed by atoms with E-state index >= 15 is 0 Å². The first-order valence-corrected chi connectivity index (χ1v) is 13.9. The molecule has 0 saturated heterocycles. The highest BCUT2D eigenvalue weighted by Gasteiger charge is 2.26. The number of hydrogen-bond donors (Lipinski definition) is 5. The van der Waals surface area contributed by atoms with Crippen LogP contribution >= 0.6 is 0 Å². The minimum Gasteiger partial charge on any atom is -0.480 e. The number of aliphatic carboxylic acids is 1. The van der Waals surface area contributed by atoms with Crippen molar-refractivity contribution in [2.45, 2.75) is 57.5 Å². The van der Waals surface area contributed by atoms with Gasteiger partial charge in [-0.15, -0.1) is 0 Å². The van der Waals surface area contributed by atoms with Crippen LogP contribution in [-0.4, -0.2) is 48.2 Å². The maximum atomic E-state index is 13.3. The van der Waals surface area contributed by atoms with Gasteiger partial charge in [0.25, 0.3) is 5.91 Å². The normalized spacial score (nSPS) is 16.5. The quantitative estimate of drug-likeness (QED) is 0.280. The lowest BCUT2D eigenvalue weighted by molar-refractivity contribution is -0.139. The maximum absolute atomic E-state index is 13.3. The Morgan fingerprint density at radius 1 is 0.900 bits per heavy atom. The summed E-state index contributed by atoms with van der Waals surface area (Å²) in [5.41, 5.74) is 8.03. The van der Waals surface area contributed by atoms with E-state index in [0.717, 1.165) is 42.5 Å². The lowest BCUT2D eigenvalue weighted by Gasteiger charge is -2.21. The van der Waals surface area contributed by atoms with Crippen LogP contribution in [0.2, 0.25) is 0 Å². The molecule has 3 aromatic carbocycles. The molecule has 5 N–H and O–H groups in total. The van der Waals surface area contributed by atoms with Crippen LogP contribution in [0.3, 0.4) is 0 Å². The zero-order chi connectivity index (χ0) is 28.2. The Labute approximate surface area is 234 Å². The van der Waals surface area contributed by atoms with Crippen molar-refractivity contribution < 1.29 is 19.5 Å². The molecule has 0 spiro atoms. The number of carboxylic acid groups (broad SMARTS) is 1. The fourth-order valence-corrected chi connectivity index (χ4v) is 5.99. The molecule has 8 nitrogen and oxygen atoms in total. The zero-order valence-electron chi connectivity index (χ0n) is 22.9. The lowest BCUT2D eigenvalue weighted by Crippen LogP contribution is -2.50. The second kappa shape index (κ2) is 11.8. The van der Waals surface area contributed by atoms with Gasteiger partial charge in [-0.3, -0.25) is 4.79 Å². The molecule has 2 aliphatic rings. The third-order valence-electron chi connectivity index (χ3n) is 8.15. The topological polar surface area (TPSA) is 120 Å². The monoisotopic (exact) mass is 540 g/mol. The summed E-state index contributed by atoms with van der Waals surface area (Å²) in [5.74, 6) is -1.46.